The molecule has 0 saturated heterocycles. The molecule has 1 unspecified atom stereocenters. The van der Waals surface area contributed by atoms with Crippen molar-refractivity contribution in [2.75, 3.05) is 39.7 Å². The first-order valence-corrected chi connectivity index (χ1v) is 15.5. The van der Waals surface area contributed by atoms with E-state index in [9.17, 15) is 9.90 Å². The molecular formula is C31H30Cl3N5O4S. The summed E-state index contributed by atoms with van der Waals surface area (Å²) in [6.07, 6.45) is 1.47. The quantitative estimate of drug-likeness (QED) is 0.141. The summed E-state index contributed by atoms with van der Waals surface area (Å²) in [5.41, 5.74) is 4.08. The number of nitrogens with zero attached hydrogens (tertiary/aromatic N) is 4. The molecule has 0 aliphatic carbocycles. The summed E-state index contributed by atoms with van der Waals surface area (Å²) in [6.45, 7) is 3.10. The summed E-state index contributed by atoms with van der Waals surface area (Å²) in [6, 6.07) is 13.7. The Bertz CT molecular complexity index is 1820. The summed E-state index contributed by atoms with van der Waals surface area (Å²) in [5.74, 6) is 0.378. The van der Waals surface area contributed by atoms with Crippen LogP contribution in [-0.4, -0.2) is 71.0 Å². The second-order valence-electron chi connectivity index (χ2n) is 10.3. The standard InChI is InChI=1S/C31H30Cl3N5O4S/c1-17-19(9-10-22(27(17)33)43-14-13-38(2)3)25-26(23-11-12-24(32)44-23)29(34)39-28(25)30(35-16-36-39)37-20(31(40)41)15-18-7-5-6-8-21(18)42-4/h5-12,16,20H,13-15H2,1-4H3,(H,40,41)(H,35,36,37). The monoisotopic (exact) mass is 673 g/mol. The maximum Gasteiger partial charge on any atom is 0.326 e. The van der Waals surface area contributed by atoms with Crippen molar-refractivity contribution in [3.8, 4) is 33.1 Å². The van der Waals surface area contributed by atoms with Crippen LogP contribution in [0.2, 0.25) is 14.5 Å². The number of carbonyl (C=O) groups is 1. The van der Waals surface area contributed by atoms with Gasteiger partial charge in [0.25, 0.3) is 0 Å². The highest BCUT2D eigenvalue weighted by molar-refractivity contribution is 7.19. The number of fused-ring (bicyclic) bond motifs is 1. The molecule has 0 bridgehead atoms. The topological polar surface area (TPSA) is 101 Å². The molecule has 0 aliphatic rings. The second kappa shape index (κ2) is 13.6. The van der Waals surface area contributed by atoms with Gasteiger partial charge in [0.05, 0.1) is 16.5 Å². The number of hydrogen-bond donors (Lipinski definition) is 2. The van der Waals surface area contributed by atoms with Crippen molar-refractivity contribution >= 4 is 63.4 Å². The Balaban J connectivity index is 1.68. The summed E-state index contributed by atoms with van der Waals surface area (Å²) < 4.78 is 13.6. The van der Waals surface area contributed by atoms with E-state index in [1.807, 2.05) is 62.3 Å². The molecule has 3 aromatic heterocycles. The fourth-order valence-electron chi connectivity index (χ4n) is 4.93. The van der Waals surface area contributed by atoms with Crippen LogP contribution in [-0.2, 0) is 11.2 Å². The van der Waals surface area contributed by atoms with E-state index in [0.29, 0.717) is 49.3 Å². The molecule has 3 heterocycles. The maximum atomic E-state index is 12.5. The fourth-order valence-corrected chi connectivity index (χ4v) is 6.63. The molecule has 1 atom stereocenters. The Morgan fingerprint density at radius 3 is 2.55 bits per heavy atom. The van der Waals surface area contributed by atoms with Gasteiger partial charge in [-0.1, -0.05) is 59.1 Å². The molecule has 44 heavy (non-hydrogen) atoms. The van der Waals surface area contributed by atoms with Crippen LogP contribution in [0.4, 0.5) is 5.82 Å². The highest BCUT2D eigenvalue weighted by Gasteiger charge is 2.29. The van der Waals surface area contributed by atoms with Gasteiger partial charge in [-0.3, -0.25) is 0 Å². The number of nitrogens with one attached hydrogen (secondary N) is 1. The third-order valence-corrected chi connectivity index (χ3v) is 9.20. The minimum atomic E-state index is -1.06. The number of para-hydroxylation sites is 1. The minimum Gasteiger partial charge on any atom is -0.496 e. The van der Waals surface area contributed by atoms with Crippen LogP contribution in [0.5, 0.6) is 11.5 Å². The van der Waals surface area contributed by atoms with E-state index in [1.54, 1.807) is 23.8 Å². The fraction of sp³-hybridized carbons (Fsp3) is 0.258. The molecule has 0 amide bonds. The number of aliphatic carboxylic acids is 1. The number of ether oxygens (including phenoxy) is 2. The van der Waals surface area contributed by atoms with E-state index < -0.39 is 12.0 Å². The average molecular weight is 675 g/mol. The van der Waals surface area contributed by atoms with Crippen LogP contribution in [0.25, 0.3) is 27.1 Å². The largest absolute Gasteiger partial charge is 0.496 e. The van der Waals surface area contributed by atoms with Gasteiger partial charge in [-0.05, 0) is 62.0 Å². The lowest BCUT2D eigenvalue weighted by Crippen LogP contribution is -2.32. The predicted molar refractivity (Wildman–Crippen MR) is 177 cm³/mol. The normalized spacial score (nSPS) is 12.1. The van der Waals surface area contributed by atoms with E-state index in [-0.39, 0.29) is 12.2 Å². The van der Waals surface area contributed by atoms with Gasteiger partial charge in [0.15, 0.2) is 5.82 Å². The van der Waals surface area contributed by atoms with Crippen molar-refractivity contribution in [1.82, 2.24) is 19.5 Å². The third kappa shape index (κ3) is 6.45. The van der Waals surface area contributed by atoms with Crippen LogP contribution in [0.3, 0.4) is 0 Å². The number of carboxylic acids is 1. The van der Waals surface area contributed by atoms with E-state index >= 15 is 0 Å². The molecule has 2 N–H and O–H groups in total. The number of rotatable bonds is 12. The molecule has 5 aromatic rings. The number of benzene rings is 2. The number of methoxy groups -OCH3 is 1. The van der Waals surface area contributed by atoms with Gasteiger partial charge in [-0.2, -0.15) is 5.10 Å². The SMILES string of the molecule is COc1ccccc1CC(Nc1ncnn2c(Cl)c(-c3ccc(Cl)s3)c(-c3ccc(OCCN(C)C)c(Cl)c3C)c12)C(=O)O. The van der Waals surface area contributed by atoms with Gasteiger partial charge in [-0.15, -0.1) is 11.3 Å². The smallest absolute Gasteiger partial charge is 0.326 e. The molecular weight excluding hydrogens is 645 g/mol. The first-order valence-electron chi connectivity index (χ1n) is 13.6. The number of aromatic nitrogens is 3. The number of anilines is 1. The number of halogens is 3. The van der Waals surface area contributed by atoms with Crippen molar-refractivity contribution in [3.63, 3.8) is 0 Å². The zero-order valence-electron chi connectivity index (χ0n) is 24.4. The number of hydrogen-bond acceptors (Lipinski definition) is 8. The lowest BCUT2D eigenvalue weighted by atomic mass is 9.96. The van der Waals surface area contributed by atoms with E-state index in [2.05, 4.69) is 15.4 Å². The molecule has 230 valence electrons. The van der Waals surface area contributed by atoms with Crippen molar-refractivity contribution in [2.24, 2.45) is 0 Å². The summed E-state index contributed by atoms with van der Waals surface area (Å²) >= 11 is 21.6. The van der Waals surface area contributed by atoms with E-state index in [4.69, 9.17) is 44.3 Å². The molecule has 0 spiro atoms. The molecule has 13 heteroatoms. The van der Waals surface area contributed by atoms with Crippen molar-refractivity contribution in [2.45, 2.75) is 19.4 Å². The van der Waals surface area contributed by atoms with Crippen molar-refractivity contribution in [1.29, 1.82) is 0 Å². The van der Waals surface area contributed by atoms with Gasteiger partial charge in [0.2, 0.25) is 0 Å². The van der Waals surface area contributed by atoms with Crippen molar-refractivity contribution in [3.05, 3.63) is 80.5 Å². The average Bonchev–Trinajstić information content (AvgIpc) is 3.55. The Hall–Kier alpha value is -3.54. The highest BCUT2D eigenvalue weighted by Crippen LogP contribution is 2.49. The summed E-state index contributed by atoms with van der Waals surface area (Å²) in [7, 11) is 5.49. The summed E-state index contributed by atoms with van der Waals surface area (Å²) in [5, 5.41) is 18.6. The molecule has 0 fully saturated rings. The molecule has 0 radical (unpaired) electrons. The minimum absolute atomic E-state index is 0.135. The second-order valence-corrected chi connectivity index (χ2v) is 12.7. The van der Waals surface area contributed by atoms with Crippen LogP contribution in [0.15, 0.2) is 54.9 Å². The Labute approximate surface area is 273 Å². The van der Waals surface area contributed by atoms with Crippen LogP contribution < -0.4 is 14.8 Å². The van der Waals surface area contributed by atoms with Crippen molar-refractivity contribution < 1.29 is 19.4 Å². The number of carboxylic acid groups (broad SMARTS) is 1. The predicted octanol–water partition coefficient (Wildman–Crippen LogP) is 7.45. The van der Waals surface area contributed by atoms with Crippen LogP contribution in [0.1, 0.15) is 11.1 Å². The molecule has 9 nitrogen and oxygen atoms in total. The molecule has 5 rings (SSSR count). The third-order valence-electron chi connectivity index (χ3n) is 7.13. The molecule has 2 aromatic carbocycles. The highest BCUT2D eigenvalue weighted by atomic mass is 35.5. The summed E-state index contributed by atoms with van der Waals surface area (Å²) in [4.78, 5) is 19.9. The van der Waals surface area contributed by atoms with E-state index in [0.717, 1.165) is 28.1 Å². The first-order chi connectivity index (χ1) is 21.1. The number of likely N-dealkylation sites (N-methyl/N-ethyl adjacent to an activating group) is 1. The maximum absolute atomic E-state index is 12.5. The van der Waals surface area contributed by atoms with E-state index in [1.165, 1.54) is 17.7 Å². The lowest BCUT2D eigenvalue weighted by Gasteiger charge is -2.18. The molecule has 0 aliphatic heterocycles. The van der Waals surface area contributed by atoms with Crippen LogP contribution >= 0.6 is 46.1 Å². The zero-order chi connectivity index (χ0) is 31.5. The zero-order valence-corrected chi connectivity index (χ0v) is 27.5. The lowest BCUT2D eigenvalue weighted by molar-refractivity contribution is -0.137. The van der Waals surface area contributed by atoms with Gasteiger partial charge in [0, 0.05) is 29.0 Å². The van der Waals surface area contributed by atoms with Gasteiger partial charge >= 0.3 is 5.97 Å². The van der Waals surface area contributed by atoms with Gasteiger partial charge in [-0.25, -0.2) is 14.3 Å². The van der Waals surface area contributed by atoms with Gasteiger partial charge in [0.1, 0.15) is 41.1 Å². The van der Waals surface area contributed by atoms with Gasteiger partial charge < -0.3 is 24.8 Å². The Morgan fingerprint density at radius 2 is 1.86 bits per heavy atom. The number of thiophene rings is 1. The Kier molecular flexibility index (Phi) is 9.87. The molecule has 0 saturated carbocycles. The Morgan fingerprint density at radius 1 is 1.09 bits per heavy atom. The van der Waals surface area contributed by atoms with Crippen LogP contribution in [0, 0.1) is 6.92 Å². The first kappa shape index (κ1) is 31.9.